The maximum atomic E-state index is 12.4. The molecule has 0 heterocycles. The van der Waals surface area contributed by atoms with Gasteiger partial charge in [-0.2, -0.15) is 0 Å². The van der Waals surface area contributed by atoms with Crippen LogP contribution in [0.1, 0.15) is 48.5 Å². The lowest BCUT2D eigenvalue weighted by molar-refractivity contribution is 0.101. The highest BCUT2D eigenvalue weighted by atomic mass is 16.5. The lowest BCUT2D eigenvalue weighted by Gasteiger charge is -2.20. The Labute approximate surface area is 109 Å². The molecule has 0 N–H and O–H groups in total. The molecule has 2 rings (SSSR count). The topological polar surface area (TPSA) is 26.3 Å². The van der Waals surface area contributed by atoms with E-state index in [-0.39, 0.29) is 5.78 Å². The average Bonchev–Trinajstić information content (AvgIpc) is 2.42. The van der Waals surface area contributed by atoms with E-state index in [0.717, 1.165) is 54.6 Å². The first-order chi connectivity index (χ1) is 8.77. The van der Waals surface area contributed by atoms with Crippen molar-refractivity contribution in [3.8, 4) is 0 Å². The standard InChI is InChI=1S/C16H20O2/c1-3-4-9-15(18-2)14-11-10-12-7-5-6-8-13(12)16(14)17/h5-8H,3-4,9-11H2,1-2H3/b15-14+. The molecule has 0 atom stereocenters. The molecule has 0 bridgehead atoms. The Morgan fingerprint density at radius 1 is 1.28 bits per heavy atom. The molecule has 0 radical (unpaired) electrons. The molecule has 2 nitrogen and oxygen atoms in total. The number of methoxy groups -OCH3 is 1. The average molecular weight is 244 g/mol. The molecule has 96 valence electrons. The van der Waals surface area contributed by atoms with Gasteiger partial charge in [0.15, 0.2) is 5.78 Å². The quantitative estimate of drug-likeness (QED) is 0.593. The molecule has 1 aromatic carbocycles. The Balaban J connectivity index is 2.32. The van der Waals surface area contributed by atoms with Crippen LogP contribution in [0.2, 0.25) is 0 Å². The van der Waals surface area contributed by atoms with Crippen molar-refractivity contribution in [1.29, 1.82) is 0 Å². The number of hydrogen-bond donors (Lipinski definition) is 0. The Morgan fingerprint density at radius 3 is 2.78 bits per heavy atom. The number of rotatable bonds is 4. The van der Waals surface area contributed by atoms with Gasteiger partial charge in [0.1, 0.15) is 5.76 Å². The van der Waals surface area contributed by atoms with Crippen LogP contribution >= 0.6 is 0 Å². The highest BCUT2D eigenvalue weighted by molar-refractivity contribution is 6.11. The Kier molecular flexibility index (Phi) is 4.19. The maximum absolute atomic E-state index is 12.4. The Morgan fingerprint density at radius 2 is 2.06 bits per heavy atom. The number of ketones is 1. The number of hydrogen-bond acceptors (Lipinski definition) is 2. The fraction of sp³-hybridized carbons (Fsp3) is 0.438. The van der Waals surface area contributed by atoms with Crippen molar-refractivity contribution >= 4 is 5.78 Å². The molecule has 2 heteroatoms. The third-order valence-electron chi connectivity index (χ3n) is 3.52. The SMILES string of the molecule is CCCC/C(OC)=C1/CCc2ccccc2C1=O. The number of Topliss-reactive ketones (excluding diaryl/α,β-unsaturated/α-hetero) is 1. The second-order valence-corrected chi connectivity index (χ2v) is 4.70. The van der Waals surface area contributed by atoms with Crippen molar-refractivity contribution in [3.05, 3.63) is 46.7 Å². The lowest BCUT2D eigenvalue weighted by Crippen LogP contribution is -2.16. The van der Waals surface area contributed by atoms with Gasteiger partial charge in [-0.25, -0.2) is 0 Å². The van der Waals surface area contributed by atoms with Crippen molar-refractivity contribution in [2.24, 2.45) is 0 Å². The molecular formula is C16H20O2. The number of unbranched alkanes of at least 4 members (excludes halogenated alkanes) is 1. The minimum absolute atomic E-state index is 0.157. The summed E-state index contributed by atoms with van der Waals surface area (Å²) < 4.78 is 5.44. The number of carbonyl (C=O) groups is 1. The molecule has 1 aromatic rings. The van der Waals surface area contributed by atoms with Crippen LogP contribution in [0.3, 0.4) is 0 Å². The van der Waals surface area contributed by atoms with E-state index in [0.29, 0.717) is 0 Å². The zero-order chi connectivity index (χ0) is 13.0. The highest BCUT2D eigenvalue weighted by Gasteiger charge is 2.24. The number of carbonyl (C=O) groups excluding carboxylic acids is 1. The second kappa shape index (κ2) is 5.85. The van der Waals surface area contributed by atoms with Gasteiger partial charge in [-0.3, -0.25) is 4.79 Å². The predicted octanol–water partition coefficient (Wildman–Crippen LogP) is 3.91. The number of fused-ring (bicyclic) bond motifs is 1. The second-order valence-electron chi connectivity index (χ2n) is 4.70. The first-order valence-electron chi connectivity index (χ1n) is 6.66. The van der Waals surface area contributed by atoms with Crippen LogP contribution in [0.4, 0.5) is 0 Å². The van der Waals surface area contributed by atoms with Crippen LogP contribution in [0.15, 0.2) is 35.6 Å². The molecule has 0 amide bonds. The lowest BCUT2D eigenvalue weighted by atomic mass is 9.85. The maximum Gasteiger partial charge on any atom is 0.192 e. The molecule has 18 heavy (non-hydrogen) atoms. The normalized spacial score (nSPS) is 17.3. The monoisotopic (exact) mass is 244 g/mol. The largest absolute Gasteiger partial charge is 0.501 e. The van der Waals surface area contributed by atoms with Gasteiger partial charge >= 0.3 is 0 Å². The van der Waals surface area contributed by atoms with Crippen LogP contribution in [0, 0.1) is 0 Å². The van der Waals surface area contributed by atoms with E-state index in [9.17, 15) is 4.79 Å². The summed E-state index contributed by atoms with van der Waals surface area (Å²) in [5.74, 6) is 1.04. The fourth-order valence-corrected chi connectivity index (χ4v) is 2.48. The van der Waals surface area contributed by atoms with Gasteiger partial charge in [0.25, 0.3) is 0 Å². The smallest absolute Gasteiger partial charge is 0.192 e. The molecule has 0 aliphatic heterocycles. The summed E-state index contributed by atoms with van der Waals surface area (Å²) in [6.07, 6.45) is 4.81. The van der Waals surface area contributed by atoms with Crippen LogP contribution in [0.25, 0.3) is 0 Å². The van der Waals surface area contributed by atoms with Gasteiger partial charge < -0.3 is 4.74 Å². The van der Waals surface area contributed by atoms with Crippen molar-refractivity contribution < 1.29 is 9.53 Å². The molecule has 0 unspecified atom stereocenters. The Hall–Kier alpha value is -1.57. The van der Waals surface area contributed by atoms with Crippen LogP contribution in [-0.4, -0.2) is 12.9 Å². The summed E-state index contributed by atoms with van der Waals surface area (Å²) in [5.41, 5.74) is 2.90. The van der Waals surface area contributed by atoms with E-state index in [2.05, 4.69) is 6.92 Å². The van der Waals surface area contributed by atoms with E-state index in [4.69, 9.17) is 4.74 Å². The molecule has 1 aliphatic carbocycles. The zero-order valence-corrected chi connectivity index (χ0v) is 11.2. The van der Waals surface area contributed by atoms with Crippen LogP contribution < -0.4 is 0 Å². The van der Waals surface area contributed by atoms with Gasteiger partial charge in [0.2, 0.25) is 0 Å². The number of allylic oxidation sites excluding steroid dienone is 2. The highest BCUT2D eigenvalue weighted by Crippen LogP contribution is 2.28. The van der Waals surface area contributed by atoms with Gasteiger partial charge in [-0.1, -0.05) is 37.6 Å². The van der Waals surface area contributed by atoms with Crippen LogP contribution in [0.5, 0.6) is 0 Å². The van der Waals surface area contributed by atoms with E-state index in [1.807, 2.05) is 24.3 Å². The minimum atomic E-state index is 0.157. The minimum Gasteiger partial charge on any atom is -0.501 e. The van der Waals surface area contributed by atoms with Gasteiger partial charge in [0.05, 0.1) is 7.11 Å². The van der Waals surface area contributed by atoms with E-state index in [1.54, 1.807) is 7.11 Å². The molecular weight excluding hydrogens is 224 g/mol. The van der Waals surface area contributed by atoms with Crippen LogP contribution in [-0.2, 0) is 11.2 Å². The van der Waals surface area contributed by atoms with E-state index < -0.39 is 0 Å². The van der Waals surface area contributed by atoms with E-state index >= 15 is 0 Å². The molecule has 0 fully saturated rings. The fourth-order valence-electron chi connectivity index (χ4n) is 2.48. The molecule has 0 spiro atoms. The van der Waals surface area contributed by atoms with Crippen molar-refractivity contribution in [2.75, 3.05) is 7.11 Å². The summed E-state index contributed by atoms with van der Waals surface area (Å²) in [6.45, 7) is 2.15. The number of ether oxygens (including phenoxy) is 1. The van der Waals surface area contributed by atoms with Crippen molar-refractivity contribution in [3.63, 3.8) is 0 Å². The summed E-state index contributed by atoms with van der Waals surface area (Å²) in [4.78, 5) is 12.4. The predicted molar refractivity (Wildman–Crippen MR) is 72.7 cm³/mol. The van der Waals surface area contributed by atoms with Gasteiger partial charge in [0, 0.05) is 17.6 Å². The summed E-state index contributed by atoms with van der Waals surface area (Å²) >= 11 is 0. The van der Waals surface area contributed by atoms with Gasteiger partial charge in [-0.15, -0.1) is 0 Å². The third kappa shape index (κ3) is 2.47. The molecule has 0 aromatic heterocycles. The summed E-state index contributed by atoms with van der Waals surface area (Å²) in [6, 6.07) is 7.89. The van der Waals surface area contributed by atoms with E-state index in [1.165, 1.54) is 0 Å². The number of aryl methyl sites for hydroxylation is 1. The number of benzene rings is 1. The molecule has 0 saturated heterocycles. The van der Waals surface area contributed by atoms with Crippen molar-refractivity contribution in [2.45, 2.75) is 39.0 Å². The molecule has 1 aliphatic rings. The summed E-state index contributed by atoms with van der Waals surface area (Å²) in [5, 5.41) is 0. The zero-order valence-electron chi connectivity index (χ0n) is 11.2. The first-order valence-corrected chi connectivity index (χ1v) is 6.66. The summed E-state index contributed by atoms with van der Waals surface area (Å²) in [7, 11) is 1.67. The van der Waals surface area contributed by atoms with Gasteiger partial charge in [-0.05, 0) is 24.8 Å². The first kappa shape index (κ1) is 12.9. The molecule has 0 saturated carbocycles. The Bertz CT molecular complexity index is 472. The van der Waals surface area contributed by atoms with Crippen molar-refractivity contribution in [1.82, 2.24) is 0 Å². The third-order valence-corrected chi connectivity index (χ3v) is 3.52.